The largest absolute Gasteiger partial charge is 0.490 e. The van der Waals surface area contributed by atoms with Gasteiger partial charge in [-0.25, -0.2) is 0 Å². The third-order valence-corrected chi connectivity index (χ3v) is 3.39. The number of hydrogen-bond acceptors (Lipinski definition) is 4. The van der Waals surface area contributed by atoms with Crippen LogP contribution in [-0.4, -0.2) is 42.5 Å². The van der Waals surface area contributed by atoms with E-state index in [-0.39, 0.29) is 0 Å². The molecule has 1 saturated heterocycles. The topological polar surface area (TPSA) is 54.5 Å². The van der Waals surface area contributed by atoms with E-state index >= 15 is 0 Å². The second-order valence-electron chi connectivity index (χ2n) is 4.65. The lowest BCUT2D eigenvalue weighted by molar-refractivity contribution is -0.105. The molecule has 5 nitrogen and oxygen atoms in total. The van der Waals surface area contributed by atoms with Gasteiger partial charge in [-0.05, 0) is 33.4 Å². The predicted molar refractivity (Wildman–Crippen MR) is 69.8 cm³/mol. The van der Waals surface area contributed by atoms with Gasteiger partial charge in [0.05, 0.1) is 17.6 Å². The Kier molecular flexibility index (Phi) is 4.15. The third-order valence-electron chi connectivity index (χ3n) is 3.39. The van der Waals surface area contributed by atoms with Gasteiger partial charge in [0, 0.05) is 12.1 Å². The van der Waals surface area contributed by atoms with Crippen molar-refractivity contribution in [2.75, 3.05) is 25.5 Å². The normalized spacial score (nSPS) is 19.8. The molecular weight excluding hydrogens is 230 g/mol. The smallest absolute Gasteiger partial charge is 0.211 e. The van der Waals surface area contributed by atoms with Crippen molar-refractivity contribution >= 4 is 12.1 Å². The van der Waals surface area contributed by atoms with E-state index in [1.165, 1.54) is 12.8 Å². The first-order valence-electron chi connectivity index (χ1n) is 6.20. The van der Waals surface area contributed by atoms with Gasteiger partial charge in [0.2, 0.25) is 6.41 Å². The summed E-state index contributed by atoms with van der Waals surface area (Å²) in [5.41, 5.74) is 1.48. The third kappa shape index (κ3) is 2.98. The number of likely N-dealkylation sites (N-methyl/N-ethyl adjacent to an activating group) is 1. The fourth-order valence-corrected chi connectivity index (χ4v) is 2.18. The summed E-state index contributed by atoms with van der Waals surface area (Å²) in [7, 11) is 2.12. The summed E-state index contributed by atoms with van der Waals surface area (Å²) in [6.07, 6.45) is 4.75. The maximum atomic E-state index is 10.5. The molecule has 1 amide bonds. The second-order valence-corrected chi connectivity index (χ2v) is 4.65. The highest BCUT2D eigenvalue weighted by Gasteiger charge is 2.21. The van der Waals surface area contributed by atoms with Crippen LogP contribution in [0.2, 0.25) is 0 Å². The van der Waals surface area contributed by atoms with Crippen molar-refractivity contribution in [2.45, 2.75) is 25.8 Å². The van der Waals surface area contributed by atoms with Crippen LogP contribution in [-0.2, 0) is 4.79 Å². The van der Waals surface area contributed by atoms with Gasteiger partial charge in [-0.15, -0.1) is 0 Å². The van der Waals surface area contributed by atoms with Gasteiger partial charge < -0.3 is 15.0 Å². The van der Waals surface area contributed by atoms with E-state index in [4.69, 9.17) is 4.74 Å². The van der Waals surface area contributed by atoms with Gasteiger partial charge in [0.15, 0.2) is 0 Å². The summed E-state index contributed by atoms with van der Waals surface area (Å²) in [4.78, 5) is 17.0. The molecule has 0 radical (unpaired) electrons. The Morgan fingerprint density at radius 3 is 3.17 bits per heavy atom. The molecule has 98 valence electrons. The Bertz CT molecular complexity index is 423. The number of aryl methyl sites for hydroxylation is 1. The van der Waals surface area contributed by atoms with Gasteiger partial charge in [0.1, 0.15) is 12.4 Å². The van der Waals surface area contributed by atoms with Gasteiger partial charge in [-0.1, -0.05) is 0 Å². The number of ether oxygens (including phenoxy) is 1. The molecule has 1 fully saturated rings. The van der Waals surface area contributed by atoms with Crippen molar-refractivity contribution in [3.8, 4) is 5.75 Å². The molecule has 5 heteroatoms. The number of aromatic nitrogens is 1. The Morgan fingerprint density at radius 2 is 2.50 bits per heavy atom. The highest BCUT2D eigenvalue weighted by Crippen LogP contribution is 2.21. The SMILES string of the molecule is Cc1ncc(OC[C@H]2CCCN2C)cc1NC=O. The molecule has 18 heavy (non-hydrogen) atoms. The molecule has 0 unspecified atom stereocenters. The van der Waals surface area contributed by atoms with Crippen LogP contribution in [0.4, 0.5) is 5.69 Å². The van der Waals surface area contributed by atoms with Crippen LogP contribution < -0.4 is 10.1 Å². The van der Waals surface area contributed by atoms with E-state index in [9.17, 15) is 4.79 Å². The van der Waals surface area contributed by atoms with Gasteiger partial charge in [0.25, 0.3) is 0 Å². The lowest BCUT2D eigenvalue weighted by Crippen LogP contribution is -2.30. The molecule has 1 aromatic rings. The average Bonchev–Trinajstić information content (AvgIpc) is 2.76. The van der Waals surface area contributed by atoms with Gasteiger partial charge >= 0.3 is 0 Å². The van der Waals surface area contributed by atoms with Crippen molar-refractivity contribution in [3.05, 3.63) is 18.0 Å². The molecule has 1 aromatic heterocycles. The first-order valence-corrected chi connectivity index (χ1v) is 6.20. The Hall–Kier alpha value is -1.62. The van der Waals surface area contributed by atoms with Gasteiger partial charge in [-0.3, -0.25) is 9.78 Å². The van der Waals surface area contributed by atoms with E-state index < -0.39 is 0 Å². The lowest BCUT2D eigenvalue weighted by atomic mass is 10.2. The molecule has 2 rings (SSSR count). The number of pyridine rings is 1. The van der Waals surface area contributed by atoms with Crippen molar-refractivity contribution in [1.29, 1.82) is 0 Å². The zero-order valence-corrected chi connectivity index (χ0v) is 10.8. The van der Waals surface area contributed by atoms with Crippen molar-refractivity contribution in [1.82, 2.24) is 9.88 Å². The Balaban J connectivity index is 1.96. The maximum absolute atomic E-state index is 10.5. The summed E-state index contributed by atoms with van der Waals surface area (Å²) in [6, 6.07) is 2.29. The minimum absolute atomic E-state index is 0.480. The Morgan fingerprint density at radius 1 is 1.67 bits per heavy atom. The maximum Gasteiger partial charge on any atom is 0.211 e. The van der Waals surface area contributed by atoms with Crippen LogP contribution in [0.25, 0.3) is 0 Å². The van der Waals surface area contributed by atoms with Crippen molar-refractivity contribution in [3.63, 3.8) is 0 Å². The molecule has 1 N–H and O–H groups in total. The average molecular weight is 249 g/mol. The van der Waals surface area contributed by atoms with Crippen LogP contribution in [0.1, 0.15) is 18.5 Å². The van der Waals surface area contributed by atoms with Crippen LogP contribution in [0.15, 0.2) is 12.3 Å². The number of amides is 1. The Labute approximate surface area is 107 Å². The number of rotatable bonds is 5. The van der Waals surface area contributed by atoms with E-state index in [0.29, 0.717) is 30.5 Å². The van der Waals surface area contributed by atoms with Crippen LogP contribution in [0, 0.1) is 6.92 Å². The summed E-state index contributed by atoms with van der Waals surface area (Å²) in [6.45, 7) is 3.65. The molecule has 1 aliphatic rings. The van der Waals surface area contributed by atoms with Crippen LogP contribution >= 0.6 is 0 Å². The number of nitrogens with zero attached hydrogens (tertiary/aromatic N) is 2. The first-order chi connectivity index (χ1) is 8.70. The highest BCUT2D eigenvalue weighted by atomic mass is 16.5. The zero-order valence-electron chi connectivity index (χ0n) is 10.8. The number of anilines is 1. The minimum atomic E-state index is 0.480. The molecule has 0 bridgehead atoms. The molecule has 0 saturated carbocycles. The molecular formula is C13H19N3O2. The monoisotopic (exact) mass is 249 g/mol. The standard InChI is InChI=1S/C13H19N3O2/c1-10-13(15-9-17)6-12(7-14-10)18-8-11-4-3-5-16(11)2/h6-7,9,11H,3-5,8H2,1-2H3,(H,15,17)/t11-/m1/s1. The molecule has 0 aromatic carbocycles. The van der Waals surface area contributed by atoms with Crippen molar-refractivity contribution < 1.29 is 9.53 Å². The fourth-order valence-electron chi connectivity index (χ4n) is 2.18. The van der Waals surface area contributed by atoms with Crippen LogP contribution in [0.3, 0.4) is 0 Å². The minimum Gasteiger partial charge on any atom is -0.490 e. The van der Waals surface area contributed by atoms with E-state index in [2.05, 4.69) is 22.2 Å². The van der Waals surface area contributed by atoms with Crippen LogP contribution in [0.5, 0.6) is 5.75 Å². The van der Waals surface area contributed by atoms with E-state index in [1.807, 2.05) is 13.0 Å². The molecule has 0 aliphatic carbocycles. The number of likely N-dealkylation sites (tertiary alicyclic amines) is 1. The summed E-state index contributed by atoms with van der Waals surface area (Å²) >= 11 is 0. The first kappa shape index (κ1) is 12.8. The lowest BCUT2D eigenvalue weighted by Gasteiger charge is -2.19. The van der Waals surface area contributed by atoms with Crippen molar-refractivity contribution in [2.24, 2.45) is 0 Å². The quantitative estimate of drug-likeness (QED) is 0.802. The summed E-state index contributed by atoms with van der Waals surface area (Å²) < 4.78 is 5.74. The number of nitrogens with one attached hydrogen (secondary N) is 1. The fraction of sp³-hybridized carbons (Fsp3) is 0.538. The number of hydrogen-bond donors (Lipinski definition) is 1. The zero-order chi connectivity index (χ0) is 13.0. The van der Waals surface area contributed by atoms with Gasteiger partial charge in [-0.2, -0.15) is 0 Å². The van der Waals surface area contributed by atoms with E-state index in [1.54, 1.807) is 6.20 Å². The predicted octanol–water partition coefficient (Wildman–Crippen LogP) is 1.43. The highest BCUT2D eigenvalue weighted by molar-refractivity contribution is 5.73. The number of carbonyl (C=O) groups excluding carboxylic acids is 1. The summed E-state index contributed by atoms with van der Waals surface area (Å²) in [5, 5.41) is 2.62. The molecule has 0 spiro atoms. The molecule has 1 atom stereocenters. The summed E-state index contributed by atoms with van der Waals surface area (Å²) in [5.74, 6) is 0.699. The van der Waals surface area contributed by atoms with E-state index in [0.717, 1.165) is 12.2 Å². The molecule has 1 aliphatic heterocycles. The number of carbonyl (C=O) groups is 1. The molecule has 2 heterocycles. The second kappa shape index (κ2) is 5.82.